The van der Waals surface area contributed by atoms with Crippen LogP contribution in [-0.2, 0) is 0 Å². The molecule has 1 aliphatic rings. The highest BCUT2D eigenvalue weighted by Gasteiger charge is 2.12. The van der Waals surface area contributed by atoms with Gasteiger partial charge in [-0.15, -0.1) is 0 Å². The van der Waals surface area contributed by atoms with Crippen molar-refractivity contribution < 1.29 is 4.68 Å². The molecular formula is C5H6IN2+. The van der Waals surface area contributed by atoms with Gasteiger partial charge in [0.25, 0.3) is 0 Å². The van der Waals surface area contributed by atoms with Crippen LogP contribution in [0.5, 0.6) is 0 Å². The maximum Gasteiger partial charge on any atom is 0.213 e. The molecule has 0 fully saturated rings. The van der Waals surface area contributed by atoms with E-state index in [0.29, 0.717) is 0 Å². The standard InChI is InChI=1S/C5H6IN2/c1-4-3-5(6)7-8(4)2/h3H,2H2,1H3/q+1. The molecule has 0 amide bonds. The van der Waals surface area contributed by atoms with E-state index in [1.807, 2.05) is 13.0 Å². The van der Waals surface area contributed by atoms with Gasteiger partial charge in [-0.2, -0.15) is 0 Å². The fourth-order valence-corrected chi connectivity index (χ4v) is 1.18. The van der Waals surface area contributed by atoms with Crippen molar-refractivity contribution in [2.75, 3.05) is 0 Å². The van der Waals surface area contributed by atoms with E-state index in [4.69, 9.17) is 0 Å². The van der Waals surface area contributed by atoms with Crippen LogP contribution in [0.1, 0.15) is 6.92 Å². The second-order valence-corrected chi connectivity index (χ2v) is 2.71. The summed E-state index contributed by atoms with van der Waals surface area (Å²) < 4.78 is 2.61. The molecule has 3 heteroatoms. The number of rotatable bonds is 0. The Morgan fingerprint density at radius 3 is 2.62 bits per heavy atom. The van der Waals surface area contributed by atoms with Gasteiger partial charge in [0.15, 0.2) is 10.4 Å². The zero-order valence-electron chi connectivity index (χ0n) is 4.56. The molecule has 1 heterocycles. The van der Waals surface area contributed by atoms with E-state index < -0.39 is 0 Å². The van der Waals surface area contributed by atoms with Gasteiger partial charge in [0.1, 0.15) is 0 Å². The van der Waals surface area contributed by atoms with Crippen LogP contribution in [0.2, 0.25) is 0 Å². The molecule has 0 spiro atoms. The summed E-state index contributed by atoms with van der Waals surface area (Å²) in [4.78, 5) is 0. The zero-order valence-corrected chi connectivity index (χ0v) is 6.71. The van der Waals surface area contributed by atoms with Gasteiger partial charge in [0.05, 0.1) is 0 Å². The van der Waals surface area contributed by atoms with Crippen LogP contribution >= 0.6 is 22.6 Å². The van der Waals surface area contributed by atoms with Gasteiger partial charge in [0, 0.05) is 18.1 Å². The topological polar surface area (TPSA) is 15.4 Å². The van der Waals surface area contributed by atoms with Gasteiger partial charge < -0.3 is 0 Å². The highest BCUT2D eigenvalue weighted by Crippen LogP contribution is 2.08. The molecule has 0 saturated carbocycles. The molecule has 0 aromatic rings. The minimum Gasteiger partial charge on any atom is -0.0631 e. The molecule has 0 saturated heterocycles. The third-order valence-electron chi connectivity index (χ3n) is 0.951. The summed E-state index contributed by atoms with van der Waals surface area (Å²) in [6, 6.07) is 0. The number of hydrazone groups is 1. The minimum atomic E-state index is 0.995. The summed E-state index contributed by atoms with van der Waals surface area (Å²) >= 11 is 2.15. The van der Waals surface area contributed by atoms with E-state index in [0.717, 1.165) is 9.42 Å². The van der Waals surface area contributed by atoms with Gasteiger partial charge in [-0.1, -0.05) is 4.68 Å². The molecule has 8 heavy (non-hydrogen) atoms. The highest BCUT2D eigenvalue weighted by atomic mass is 127. The van der Waals surface area contributed by atoms with Crippen LogP contribution in [0.25, 0.3) is 0 Å². The molecule has 0 aromatic heterocycles. The van der Waals surface area contributed by atoms with Crippen molar-refractivity contribution in [3.05, 3.63) is 11.8 Å². The molecule has 0 aliphatic carbocycles. The fraction of sp³-hybridized carbons (Fsp3) is 0.200. The van der Waals surface area contributed by atoms with Gasteiger partial charge in [-0.25, -0.2) is 0 Å². The predicted octanol–water partition coefficient (Wildman–Crippen LogP) is 1.37. The molecular weight excluding hydrogens is 215 g/mol. The first-order valence-corrected chi connectivity index (χ1v) is 3.31. The van der Waals surface area contributed by atoms with E-state index in [-0.39, 0.29) is 0 Å². The Morgan fingerprint density at radius 2 is 2.50 bits per heavy atom. The van der Waals surface area contributed by atoms with Crippen LogP contribution in [0.3, 0.4) is 0 Å². The van der Waals surface area contributed by atoms with Gasteiger partial charge in [-0.05, 0) is 22.6 Å². The maximum absolute atomic E-state index is 4.00. The smallest absolute Gasteiger partial charge is 0.0631 e. The van der Waals surface area contributed by atoms with Crippen molar-refractivity contribution in [1.82, 2.24) is 0 Å². The van der Waals surface area contributed by atoms with Gasteiger partial charge >= 0.3 is 0 Å². The lowest BCUT2D eigenvalue weighted by molar-refractivity contribution is -0.468. The molecule has 0 aromatic carbocycles. The SMILES string of the molecule is C=[N+]1N=C(I)C=C1C. The van der Waals surface area contributed by atoms with Crippen LogP contribution in [0.15, 0.2) is 16.9 Å². The number of allylic oxidation sites excluding steroid dienone is 2. The van der Waals surface area contributed by atoms with Gasteiger partial charge in [0.2, 0.25) is 5.70 Å². The third kappa shape index (κ3) is 0.964. The molecule has 0 bridgehead atoms. The normalized spacial score (nSPS) is 18.5. The highest BCUT2D eigenvalue weighted by molar-refractivity contribution is 14.1. The largest absolute Gasteiger partial charge is 0.213 e. The number of halogens is 1. The first kappa shape index (κ1) is 5.94. The zero-order chi connectivity index (χ0) is 6.15. The first-order valence-electron chi connectivity index (χ1n) is 2.23. The van der Waals surface area contributed by atoms with E-state index in [9.17, 15) is 0 Å². The first-order chi connectivity index (χ1) is 3.70. The van der Waals surface area contributed by atoms with Crippen molar-refractivity contribution in [3.63, 3.8) is 0 Å². The molecule has 2 nitrogen and oxygen atoms in total. The van der Waals surface area contributed by atoms with E-state index in [1.54, 1.807) is 4.68 Å². The molecule has 42 valence electrons. The molecule has 0 atom stereocenters. The number of hydrogen-bond acceptors (Lipinski definition) is 1. The summed E-state index contributed by atoms with van der Waals surface area (Å²) in [6.45, 7) is 5.62. The van der Waals surface area contributed by atoms with E-state index in [2.05, 4.69) is 34.4 Å². The van der Waals surface area contributed by atoms with Gasteiger partial charge in [-0.3, -0.25) is 0 Å². The Hall–Kier alpha value is -0.190. The van der Waals surface area contributed by atoms with Crippen LogP contribution < -0.4 is 0 Å². The predicted molar refractivity (Wildman–Crippen MR) is 42.6 cm³/mol. The Kier molecular flexibility index (Phi) is 1.46. The summed E-state index contributed by atoms with van der Waals surface area (Å²) in [5.74, 6) is 0. The Bertz CT molecular complexity index is 188. The molecule has 0 unspecified atom stereocenters. The van der Waals surface area contributed by atoms with Crippen LogP contribution in [-0.4, -0.2) is 15.1 Å². The molecule has 1 rings (SSSR count). The van der Waals surface area contributed by atoms with Crippen LogP contribution in [0.4, 0.5) is 0 Å². The van der Waals surface area contributed by atoms with E-state index in [1.165, 1.54) is 0 Å². The second kappa shape index (κ2) is 1.97. The average molecular weight is 221 g/mol. The summed E-state index contributed by atoms with van der Waals surface area (Å²) in [7, 11) is 0. The summed E-state index contributed by atoms with van der Waals surface area (Å²) in [5, 5.41) is 4.00. The van der Waals surface area contributed by atoms with Crippen LogP contribution in [0, 0.1) is 0 Å². The van der Waals surface area contributed by atoms with Crippen molar-refractivity contribution in [2.24, 2.45) is 5.10 Å². The molecule has 0 N–H and O–H groups in total. The molecule has 1 aliphatic heterocycles. The third-order valence-corrected chi connectivity index (χ3v) is 1.48. The lowest BCUT2D eigenvalue weighted by atomic mass is 10.5. The lowest BCUT2D eigenvalue weighted by Gasteiger charge is -1.77. The average Bonchev–Trinajstić information content (AvgIpc) is 1.85. The minimum absolute atomic E-state index is 0.995. The fourth-order valence-electron chi connectivity index (χ4n) is 0.470. The Labute approximate surface area is 61.7 Å². The van der Waals surface area contributed by atoms with Crippen molar-refractivity contribution >= 4 is 33.0 Å². The molecule has 0 radical (unpaired) electrons. The maximum atomic E-state index is 4.00. The number of hydrogen-bond donors (Lipinski definition) is 0. The number of nitrogens with zero attached hydrogens (tertiary/aromatic N) is 2. The Morgan fingerprint density at radius 1 is 1.88 bits per heavy atom. The second-order valence-electron chi connectivity index (χ2n) is 1.61. The lowest BCUT2D eigenvalue weighted by Crippen LogP contribution is -1.90. The Balaban J connectivity index is 2.95. The van der Waals surface area contributed by atoms with Crippen molar-refractivity contribution in [3.8, 4) is 0 Å². The monoisotopic (exact) mass is 221 g/mol. The quantitative estimate of drug-likeness (QED) is 0.433. The summed E-state index contributed by atoms with van der Waals surface area (Å²) in [5.41, 5.74) is 1.09. The van der Waals surface area contributed by atoms with Crippen molar-refractivity contribution in [1.29, 1.82) is 0 Å². The van der Waals surface area contributed by atoms with Crippen molar-refractivity contribution in [2.45, 2.75) is 6.92 Å². The summed E-state index contributed by atoms with van der Waals surface area (Å²) in [6.07, 6.45) is 1.98. The van der Waals surface area contributed by atoms with E-state index >= 15 is 0 Å².